The van der Waals surface area contributed by atoms with Crippen LogP contribution in [0.5, 0.6) is 0 Å². The Balaban J connectivity index is 1.74. The molecule has 0 amide bonds. The summed E-state index contributed by atoms with van der Waals surface area (Å²) in [4.78, 5) is 12.7. The maximum absolute atomic E-state index is 12.7. The van der Waals surface area contributed by atoms with Crippen molar-refractivity contribution in [3.8, 4) is 0 Å². The molecule has 1 aliphatic rings. The van der Waals surface area contributed by atoms with E-state index < -0.39 is 0 Å². The smallest absolute Gasteiger partial charge is 0.317 e. The number of nitrogens with one attached hydrogen (secondary N) is 1. The molecule has 0 bridgehead atoms. The lowest BCUT2D eigenvalue weighted by Crippen LogP contribution is -2.31. The summed E-state index contributed by atoms with van der Waals surface area (Å²) in [6, 6.07) is 19.7. The molecule has 0 aliphatic carbocycles. The molecule has 1 saturated heterocycles. The number of carbonyl (C=O) groups excluding carboxylic acids is 1. The molecule has 0 spiro atoms. The molecule has 1 heterocycles. The zero-order chi connectivity index (χ0) is 15.9. The SMILES string of the molecule is O=C(OCC1CCNCC1)C(c1ccccc1)c1ccccc1. The predicted molar refractivity (Wildman–Crippen MR) is 91.3 cm³/mol. The number of hydrogen-bond acceptors (Lipinski definition) is 3. The normalized spacial score (nSPS) is 15.5. The van der Waals surface area contributed by atoms with Gasteiger partial charge in [-0.05, 0) is 43.0 Å². The highest BCUT2D eigenvalue weighted by atomic mass is 16.5. The Hall–Kier alpha value is -2.13. The van der Waals surface area contributed by atoms with E-state index in [0.29, 0.717) is 12.5 Å². The molecule has 1 aliphatic heterocycles. The van der Waals surface area contributed by atoms with Crippen molar-refractivity contribution in [1.29, 1.82) is 0 Å². The highest BCUT2D eigenvalue weighted by molar-refractivity contribution is 5.82. The van der Waals surface area contributed by atoms with Gasteiger partial charge in [-0.1, -0.05) is 60.7 Å². The standard InChI is InChI=1S/C20H23NO2/c22-20(23-15-16-11-13-21-14-12-16)19(17-7-3-1-4-8-17)18-9-5-2-6-10-18/h1-10,16,19,21H,11-15H2. The van der Waals surface area contributed by atoms with Gasteiger partial charge in [0.15, 0.2) is 0 Å². The molecule has 3 heteroatoms. The lowest BCUT2D eigenvalue weighted by Gasteiger charge is -2.24. The molecule has 0 saturated carbocycles. The Bertz CT molecular complexity index is 567. The Kier molecular flexibility index (Phi) is 5.43. The van der Waals surface area contributed by atoms with E-state index in [1.807, 2.05) is 60.7 Å². The van der Waals surface area contributed by atoms with Crippen molar-refractivity contribution in [2.45, 2.75) is 18.8 Å². The van der Waals surface area contributed by atoms with Gasteiger partial charge in [0, 0.05) is 0 Å². The van der Waals surface area contributed by atoms with Crippen LogP contribution in [0.2, 0.25) is 0 Å². The Morgan fingerprint density at radius 1 is 0.957 bits per heavy atom. The predicted octanol–water partition coefficient (Wildman–Crippen LogP) is 3.36. The summed E-state index contributed by atoms with van der Waals surface area (Å²) in [7, 11) is 0. The van der Waals surface area contributed by atoms with E-state index in [4.69, 9.17) is 4.74 Å². The van der Waals surface area contributed by atoms with Crippen LogP contribution in [-0.4, -0.2) is 25.7 Å². The van der Waals surface area contributed by atoms with Crippen molar-refractivity contribution in [3.63, 3.8) is 0 Å². The fourth-order valence-electron chi connectivity index (χ4n) is 3.09. The van der Waals surface area contributed by atoms with Crippen molar-refractivity contribution >= 4 is 5.97 Å². The van der Waals surface area contributed by atoms with Gasteiger partial charge < -0.3 is 10.1 Å². The molecular formula is C20H23NO2. The highest BCUT2D eigenvalue weighted by Crippen LogP contribution is 2.26. The first kappa shape index (κ1) is 15.8. The summed E-state index contributed by atoms with van der Waals surface area (Å²) in [5.74, 6) is -0.0209. The summed E-state index contributed by atoms with van der Waals surface area (Å²) >= 11 is 0. The van der Waals surface area contributed by atoms with E-state index in [9.17, 15) is 4.79 Å². The molecule has 3 nitrogen and oxygen atoms in total. The largest absolute Gasteiger partial charge is 0.465 e. The number of benzene rings is 2. The Labute approximate surface area is 137 Å². The van der Waals surface area contributed by atoms with Gasteiger partial charge in [0.25, 0.3) is 0 Å². The van der Waals surface area contributed by atoms with Crippen LogP contribution in [-0.2, 0) is 9.53 Å². The minimum absolute atomic E-state index is 0.152. The molecule has 2 aromatic carbocycles. The number of carbonyl (C=O) groups is 1. The molecule has 0 radical (unpaired) electrons. The second-order valence-electron chi connectivity index (χ2n) is 6.08. The van der Waals surface area contributed by atoms with Crippen LogP contribution in [0.1, 0.15) is 29.9 Å². The third kappa shape index (κ3) is 4.20. The molecule has 120 valence electrons. The van der Waals surface area contributed by atoms with Gasteiger partial charge in [0.1, 0.15) is 5.92 Å². The first-order valence-electron chi connectivity index (χ1n) is 8.32. The molecule has 1 fully saturated rings. The molecule has 23 heavy (non-hydrogen) atoms. The Morgan fingerprint density at radius 3 is 2.00 bits per heavy atom. The summed E-state index contributed by atoms with van der Waals surface area (Å²) in [6.07, 6.45) is 2.16. The topological polar surface area (TPSA) is 38.3 Å². The van der Waals surface area contributed by atoms with Crippen LogP contribution in [0.4, 0.5) is 0 Å². The van der Waals surface area contributed by atoms with E-state index in [1.165, 1.54) is 0 Å². The third-order valence-corrected chi connectivity index (χ3v) is 4.42. The van der Waals surface area contributed by atoms with Crippen LogP contribution in [0, 0.1) is 5.92 Å². The summed E-state index contributed by atoms with van der Waals surface area (Å²) in [5.41, 5.74) is 1.96. The van der Waals surface area contributed by atoms with E-state index in [2.05, 4.69) is 5.32 Å². The van der Waals surface area contributed by atoms with Crippen molar-refractivity contribution in [1.82, 2.24) is 5.32 Å². The number of esters is 1. The molecule has 0 unspecified atom stereocenters. The van der Waals surface area contributed by atoms with Gasteiger partial charge in [-0.3, -0.25) is 4.79 Å². The van der Waals surface area contributed by atoms with Crippen LogP contribution in [0.3, 0.4) is 0 Å². The average molecular weight is 309 g/mol. The fourth-order valence-corrected chi connectivity index (χ4v) is 3.09. The van der Waals surface area contributed by atoms with Crippen LogP contribution >= 0.6 is 0 Å². The van der Waals surface area contributed by atoms with Crippen molar-refractivity contribution in [3.05, 3.63) is 71.8 Å². The van der Waals surface area contributed by atoms with Crippen LogP contribution in [0.15, 0.2) is 60.7 Å². The zero-order valence-electron chi connectivity index (χ0n) is 13.3. The zero-order valence-corrected chi connectivity index (χ0v) is 13.3. The molecule has 0 atom stereocenters. The van der Waals surface area contributed by atoms with Gasteiger partial charge in [0.2, 0.25) is 0 Å². The quantitative estimate of drug-likeness (QED) is 0.861. The second kappa shape index (κ2) is 7.93. The van der Waals surface area contributed by atoms with Gasteiger partial charge in [0.05, 0.1) is 6.61 Å². The van der Waals surface area contributed by atoms with Gasteiger partial charge in [-0.25, -0.2) is 0 Å². The number of rotatable bonds is 5. The lowest BCUT2D eigenvalue weighted by atomic mass is 9.91. The van der Waals surface area contributed by atoms with Crippen molar-refractivity contribution in [2.24, 2.45) is 5.92 Å². The number of hydrogen-bond donors (Lipinski definition) is 1. The fraction of sp³-hybridized carbons (Fsp3) is 0.350. The lowest BCUT2D eigenvalue weighted by molar-refractivity contribution is -0.146. The van der Waals surface area contributed by atoms with E-state index >= 15 is 0 Å². The first-order valence-corrected chi connectivity index (χ1v) is 8.32. The van der Waals surface area contributed by atoms with Crippen molar-refractivity contribution in [2.75, 3.05) is 19.7 Å². The third-order valence-electron chi connectivity index (χ3n) is 4.42. The van der Waals surface area contributed by atoms with Gasteiger partial charge in [-0.2, -0.15) is 0 Å². The second-order valence-corrected chi connectivity index (χ2v) is 6.08. The van der Waals surface area contributed by atoms with E-state index in [0.717, 1.165) is 37.1 Å². The molecule has 2 aromatic rings. The average Bonchev–Trinajstić information content (AvgIpc) is 2.63. The summed E-state index contributed by atoms with van der Waals surface area (Å²) in [6.45, 7) is 2.56. The van der Waals surface area contributed by atoms with E-state index in [1.54, 1.807) is 0 Å². The number of ether oxygens (including phenoxy) is 1. The minimum atomic E-state index is -0.348. The van der Waals surface area contributed by atoms with Crippen LogP contribution in [0.25, 0.3) is 0 Å². The molecular weight excluding hydrogens is 286 g/mol. The molecule has 3 rings (SSSR count). The monoisotopic (exact) mass is 309 g/mol. The minimum Gasteiger partial charge on any atom is -0.465 e. The summed E-state index contributed by atoms with van der Waals surface area (Å²) < 4.78 is 5.69. The summed E-state index contributed by atoms with van der Waals surface area (Å²) in [5, 5.41) is 3.34. The van der Waals surface area contributed by atoms with Crippen molar-refractivity contribution < 1.29 is 9.53 Å². The van der Waals surface area contributed by atoms with Gasteiger partial charge in [-0.15, -0.1) is 0 Å². The molecule has 1 N–H and O–H groups in total. The highest BCUT2D eigenvalue weighted by Gasteiger charge is 2.25. The number of piperidine rings is 1. The first-order chi connectivity index (χ1) is 11.3. The molecule has 0 aromatic heterocycles. The van der Waals surface area contributed by atoms with E-state index in [-0.39, 0.29) is 11.9 Å². The van der Waals surface area contributed by atoms with Gasteiger partial charge >= 0.3 is 5.97 Å². The Morgan fingerprint density at radius 2 is 1.48 bits per heavy atom. The van der Waals surface area contributed by atoms with Crippen LogP contribution < -0.4 is 5.32 Å². The maximum Gasteiger partial charge on any atom is 0.317 e. The maximum atomic E-state index is 12.7.